The van der Waals surface area contributed by atoms with Crippen molar-refractivity contribution in [3.63, 3.8) is 0 Å². The highest BCUT2D eigenvalue weighted by Crippen LogP contribution is 2.20. The molecule has 0 aliphatic heterocycles. The number of carbonyl (C=O) groups is 1. The molecule has 10 nitrogen and oxygen atoms in total. The summed E-state index contributed by atoms with van der Waals surface area (Å²) in [7, 11) is 0. The van der Waals surface area contributed by atoms with E-state index in [-0.39, 0.29) is 69.9 Å². The van der Waals surface area contributed by atoms with Crippen LogP contribution in [-0.2, 0) is 0 Å². The van der Waals surface area contributed by atoms with E-state index in [9.17, 15) is 9.90 Å². The Morgan fingerprint density at radius 2 is 1.39 bits per heavy atom. The van der Waals surface area contributed by atoms with Crippen molar-refractivity contribution in [2.24, 2.45) is 0 Å². The van der Waals surface area contributed by atoms with Crippen molar-refractivity contribution in [2.45, 2.75) is 0 Å². The van der Waals surface area contributed by atoms with Gasteiger partial charge >= 0.3 is 5.97 Å². The fraction of sp³-hybridized carbons (Fsp3) is 0.615. The molecule has 1 aromatic heterocycles. The summed E-state index contributed by atoms with van der Waals surface area (Å²) in [5.41, 5.74) is -0.328. The van der Waals surface area contributed by atoms with Crippen LogP contribution in [0, 0.1) is 0 Å². The molecule has 0 aliphatic rings. The second kappa shape index (κ2) is 9.90. The summed E-state index contributed by atoms with van der Waals surface area (Å²) < 4.78 is 0. The average molecular weight is 330 g/mol. The summed E-state index contributed by atoms with van der Waals surface area (Å²) in [6.07, 6.45) is 1.33. The van der Waals surface area contributed by atoms with E-state index in [1.807, 2.05) is 0 Å². The van der Waals surface area contributed by atoms with Gasteiger partial charge in [-0.3, -0.25) is 0 Å². The fourth-order valence-corrected chi connectivity index (χ4v) is 2.05. The third-order valence-corrected chi connectivity index (χ3v) is 3.05. The van der Waals surface area contributed by atoms with Gasteiger partial charge in [-0.15, -0.1) is 0 Å². The number of rotatable bonds is 11. The molecule has 1 heterocycles. The first-order chi connectivity index (χ1) is 11.1. The lowest BCUT2D eigenvalue weighted by molar-refractivity contribution is 0.0690. The standard InChI is InChI=1S/C13H22N4O6/c18-5-1-16(2-6-19)10-9-14-12(11(15-10)13(22)23)17(3-7-20)4-8-21/h9,18-21H,1-8H2,(H,22,23). The zero-order valence-corrected chi connectivity index (χ0v) is 12.7. The Balaban J connectivity index is 3.21. The van der Waals surface area contributed by atoms with E-state index in [4.69, 9.17) is 20.4 Å². The van der Waals surface area contributed by atoms with Crippen molar-refractivity contribution in [3.8, 4) is 0 Å². The molecular weight excluding hydrogens is 308 g/mol. The van der Waals surface area contributed by atoms with Crippen LogP contribution >= 0.6 is 0 Å². The van der Waals surface area contributed by atoms with Gasteiger partial charge in [0.15, 0.2) is 11.5 Å². The van der Waals surface area contributed by atoms with Gasteiger partial charge in [0.1, 0.15) is 5.82 Å². The van der Waals surface area contributed by atoms with Gasteiger partial charge in [-0.1, -0.05) is 0 Å². The van der Waals surface area contributed by atoms with Gasteiger partial charge in [0, 0.05) is 26.2 Å². The molecule has 1 rings (SSSR count). The Kier molecular flexibility index (Phi) is 8.19. The van der Waals surface area contributed by atoms with Gasteiger partial charge in [-0.2, -0.15) is 0 Å². The van der Waals surface area contributed by atoms with Crippen LogP contribution in [0.2, 0.25) is 0 Å². The van der Waals surface area contributed by atoms with Gasteiger partial charge in [-0.05, 0) is 0 Å². The number of aliphatic hydroxyl groups excluding tert-OH is 4. The molecule has 0 unspecified atom stereocenters. The van der Waals surface area contributed by atoms with Crippen molar-refractivity contribution in [1.29, 1.82) is 0 Å². The van der Waals surface area contributed by atoms with E-state index in [0.29, 0.717) is 0 Å². The number of aromatic nitrogens is 2. The normalized spacial score (nSPS) is 10.6. The Hall–Kier alpha value is -2.01. The third-order valence-electron chi connectivity index (χ3n) is 3.05. The minimum atomic E-state index is -1.30. The number of hydrogen-bond acceptors (Lipinski definition) is 9. The smallest absolute Gasteiger partial charge is 0.358 e. The van der Waals surface area contributed by atoms with E-state index in [1.165, 1.54) is 16.0 Å². The Bertz CT molecular complexity index is 489. The third kappa shape index (κ3) is 5.28. The van der Waals surface area contributed by atoms with Crippen LogP contribution in [0.3, 0.4) is 0 Å². The molecule has 0 saturated carbocycles. The predicted octanol–water partition coefficient (Wildman–Crippen LogP) is -2.24. The van der Waals surface area contributed by atoms with Crippen molar-refractivity contribution in [3.05, 3.63) is 11.9 Å². The lowest BCUT2D eigenvalue weighted by atomic mass is 10.3. The van der Waals surface area contributed by atoms with E-state index in [1.54, 1.807) is 0 Å². The van der Waals surface area contributed by atoms with Crippen LogP contribution < -0.4 is 9.80 Å². The van der Waals surface area contributed by atoms with Crippen LogP contribution in [0.15, 0.2) is 6.20 Å². The van der Waals surface area contributed by atoms with E-state index >= 15 is 0 Å². The molecule has 0 radical (unpaired) electrons. The van der Waals surface area contributed by atoms with Gasteiger partial charge in [0.05, 0.1) is 32.6 Å². The summed E-state index contributed by atoms with van der Waals surface area (Å²) in [6, 6.07) is 0. The number of carboxylic acids is 1. The van der Waals surface area contributed by atoms with Crippen molar-refractivity contribution in [2.75, 3.05) is 62.4 Å². The lowest BCUT2D eigenvalue weighted by Crippen LogP contribution is -2.34. The fourth-order valence-electron chi connectivity index (χ4n) is 2.05. The van der Waals surface area contributed by atoms with Gasteiger partial charge < -0.3 is 35.3 Å². The zero-order chi connectivity index (χ0) is 17.2. The van der Waals surface area contributed by atoms with Crippen LogP contribution in [0.1, 0.15) is 10.5 Å². The number of nitrogens with zero attached hydrogens (tertiary/aromatic N) is 4. The number of hydrogen-bond donors (Lipinski definition) is 5. The quantitative estimate of drug-likeness (QED) is 0.301. The molecule has 5 N–H and O–H groups in total. The molecule has 0 aliphatic carbocycles. The highest BCUT2D eigenvalue weighted by atomic mass is 16.4. The largest absolute Gasteiger partial charge is 0.476 e. The summed E-state index contributed by atoms with van der Waals surface area (Å²) in [6.45, 7) is -0.291. The second-order valence-electron chi connectivity index (χ2n) is 4.57. The zero-order valence-electron chi connectivity index (χ0n) is 12.7. The minimum Gasteiger partial charge on any atom is -0.476 e. The molecular formula is C13H22N4O6. The molecule has 0 fully saturated rings. The van der Waals surface area contributed by atoms with Gasteiger partial charge in [-0.25, -0.2) is 14.8 Å². The first-order valence-electron chi connectivity index (χ1n) is 7.12. The Labute approximate surface area is 133 Å². The predicted molar refractivity (Wildman–Crippen MR) is 81.8 cm³/mol. The average Bonchev–Trinajstić information content (AvgIpc) is 2.54. The molecule has 1 aromatic rings. The number of anilines is 2. The van der Waals surface area contributed by atoms with Crippen molar-refractivity contribution >= 4 is 17.6 Å². The van der Waals surface area contributed by atoms with Crippen LogP contribution in [0.25, 0.3) is 0 Å². The maximum absolute atomic E-state index is 11.5. The summed E-state index contributed by atoms with van der Waals surface area (Å²) >= 11 is 0. The first kappa shape index (κ1) is 19.0. The number of aliphatic hydroxyl groups is 4. The molecule has 130 valence electrons. The second-order valence-corrected chi connectivity index (χ2v) is 4.57. The summed E-state index contributed by atoms with van der Waals surface area (Å²) in [4.78, 5) is 22.5. The maximum atomic E-state index is 11.5. The van der Waals surface area contributed by atoms with Crippen LogP contribution in [0.4, 0.5) is 11.6 Å². The van der Waals surface area contributed by atoms with E-state index < -0.39 is 5.97 Å². The maximum Gasteiger partial charge on any atom is 0.358 e. The topological polar surface area (TPSA) is 150 Å². The molecule has 0 aromatic carbocycles. The summed E-state index contributed by atoms with van der Waals surface area (Å²) in [5, 5.41) is 45.5. The number of carboxylic acid groups (broad SMARTS) is 1. The summed E-state index contributed by atoms with van der Waals surface area (Å²) in [5.74, 6) is -1.05. The van der Waals surface area contributed by atoms with E-state index in [2.05, 4.69) is 9.97 Å². The Morgan fingerprint density at radius 3 is 1.83 bits per heavy atom. The number of aromatic carboxylic acids is 1. The molecule has 10 heteroatoms. The van der Waals surface area contributed by atoms with Crippen molar-refractivity contribution < 1.29 is 30.3 Å². The molecule has 23 heavy (non-hydrogen) atoms. The monoisotopic (exact) mass is 330 g/mol. The molecule has 0 spiro atoms. The Morgan fingerprint density at radius 1 is 0.913 bits per heavy atom. The minimum absolute atomic E-state index is 0.0392. The van der Waals surface area contributed by atoms with Crippen LogP contribution in [-0.4, -0.2) is 94.1 Å². The molecule has 0 atom stereocenters. The van der Waals surface area contributed by atoms with E-state index in [0.717, 1.165) is 0 Å². The highest BCUT2D eigenvalue weighted by Gasteiger charge is 2.21. The van der Waals surface area contributed by atoms with Crippen LogP contribution in [0.5, 0.6) is 0 Å². The van der Waals surface area contributed by atoms with Gasteiger partial charge in [0.25, 0.3) is 0 Å². The SMILES string of the molecule is O=C(O)c1nc(N(CCO)CCO)cnc1N(CCO)CCO. The van der Waals surface area contributed by atoms with Crippen molar-refractivity contribution in [1.82, 2.24) is 9.97 Å². The molecule has 0 bridgehead atoms. The molecule has 0 amide bonds. The van der Waals surface area contributed by atoms with Gasteiger partial charge in [0.2, 0.25) is 0 Å². The lowest BCUT2D eigenvalue weighted by Gasteiger charge is -2.25. The molecule has 0 saturated heterocycles. The first-order valence-corrected chi connectivity index (χ1v) is 7.12. The highest BCUT2D eigenvalue weighted by molar-refractivity contribution is 5.91.